The van der Waals surface area contributed by atoms with Gasteiger partial charge < -0.3 is 5.11 Å². The van der Waals surface area contributed by atoms with E-state index in [1.54, 1.807) is 12.1 Å². The van der Waals surface area contributed by atoms with Gasteiger partial charge in [-0.25, -0.2) is 0 Å². The molecule has 0 aliphatic heterocycles. The molecule has 0 bridgehead atoms. The minimum Gasteiger partial charge on any atom is -0.506 e. The molecule has 0 saturated heterocycles. The molecule has 3 heteroatoms. The van der Waals surface area contributed by atoms with Crippen molar-refractivity contribution in [3.63, 3.8) is 0 Å². The van der Waals surface area contributed by atoms with Crippen molar-refractivity contribution in [1.82, 2.24) is 0 Å². The van der Waals surface area contributed by atoms with Crippen LogP contribution in [0.4, 0.5) is 0 Å². The number of phenols is 1. The number of hydrogen-bond acceptors (Lipinski definition) is 2. The van der Waals surface area contributed by atoms with Crippen LogP contribution in [-0.4, -0.2) is 10.9 Å². The quantitative estimate of drug-likeness (QED) is 0.816. The number of benzene rings is 2. The predicted molar refractivity (Wildman–Crippen MR) is 68.6 cm³/mol. The maximum absolute atomic E-state index is 11.4. The molecule has 2 rings (SSSR count). The van der Waals surface area contributed by atoms with Crippen LogP contribution in [0.2, 0.25) is 5.02 Å². The molecule has 2 nitrogen and oxygen atoms in total. The lowest BCUT2D eigenvalue weighted by Gasteiger charge is -2.07. The topological polar surface area (TPSA) is 37.3 Å². The van der Waals surface area contributed by atoms with Gasteiger partial charge in [0.25, 0.3) is 0 Å². The summed E-state index contributed by atoms with van der Waals surface area (Å²) in [6, 6.07) is 12.9. The summed E-state index contributed by atoms with van der Waals surface area (Å²) < 4.78 is 0. The average molecular weight is 247 g/mol. The molecule has 0 amide bonds. The number of rotatable bonds is 2. The number of ketones is 1. The third-order valence-electron chi connectivity index (χ3n) is 2.55. The highest BCUT2D eigenvalue weighted by molar-refractivity contribution is 6.33. The van der Waals surface area contributed by atoms with E-state index in [1.807, 2.05) is 30.3 Å². The highest BCUT2D eigenvalue weighted by Crippen LogP contribution is 2.33. The number of aromatic hydroxyl groups is 1. The lowest BCUT2D eigenvalue weighted by Crippen LogP contribution is -1.94. The van der Waals surface area contributed by atoms with E-state index in [4.69, 9.17) is 11.6 Å². The number of halogens is 1. The van der Waals surface area contributed by atoms with Crippen molar-refractivity contribution >= 4 is 17.4 Å². The van der Waals surface area contributed by atoms with Crippen LogP contribution in [0.1, 0.15) is 17.3 Å². The van der Waals surface area contributed by atoms with Crippen LogP contribution in [-0.2, 0) is 0 Å². The van der Waals surface area contributed by atoms with Gasteiger partial charge in [0.05, 0.1) is 10.6 Å². The summed E-state index contributed by atoms with van der Waals surface area (Å²) in [5, 5.41) is 9.88. The molecule has 2 aromatic carbocycles. The van der Waals surface area contributed by atoms with Gasteiger partial charge >= 0.3 is 0 Å². The van der Waals surface area contributed by atoms with E-state index in [2.05, 4.69) is 0 Å². The van der Waals surface area contributed by atoms with Gasteiger partial charge in [0.1, 0.15) is 5.75 Å². The van der Waals surface area contributed by atoms with Crippen molar-refractivity contribution in [3.05, 3.63) is 53.1 Å². The number of hydrogen-bond donors (Lipinski definition) is 1. The van der Waals surface area contributed by atoms with Crippen molar-refractivity contribution in [2.24, 2.45) is 0 Å². The maximum atomic E-state index is 11.4. The maximum Gasteiger partial charge on any atom is 0.163 e. The molecule has 86 valence electrons. The molecular formula is C14H11ClO2. The predicted octanol–water partition coefficient (Wildman–Crippen LogP) is 3.92. The van der Waals surface area contributed by atoms with Crippen LogP contribution in [0, 0.1) is 0 Å². The standard InChI is InChI=1S/C14H11ClO2/c1-9(16)12-7-11(8-13(15)14(12)17)10-5-3-2-4-6-10/h2-8,17H,1H3. The lowest BCUT2D eigenvalue weighted by molar-refractivity contribution is 0.101. The minimum atomic E-state index is -0.206. The number of carbonyl (C=O) groups excluding carboxylic acids is 1. The molecule has 0 heterocycles. The van der Waals surface area contributed by atoms with E-state index in [-0.39, 0.29) is 22.1 Å². The van der Waals surface area contributed by atoms with E-state index < -0.39 is 0 Å². The second-order valence-corrected chi connectivity index (χ2v) is 4.18. The Labute approximate surface area is 104 Å². The van der Waals surface area contributed by atoms with Gasteiger partial charge in [0.2, 0.25) is 0 Å². The summed E-state index contributed by atoms with van der Waals surface area (Å²) in [6.07, 6.45) is 0. The number of phenolic OH excluding ortho intramolecular Hbond substituents is 1. The fourth-order valence-electron chi connectivity index (χ4n) is 1.66. The molecule has 0 atom stereocenters. The van der Waals surface area contributed by atoms with Crippen LogP contribution >= 0.6 is 11.6 Å². The summed E-state index contributed by atoms with van der Waals surface area (Å²) in [4.78, 5) is 11.4. The molecule has 0 radical (unpaired) electrons. The number of carbonyl (C=O) groups is 1. The van der Waals surface area contributed by atoms with Crippen LogP contribution in [0.25, 0.3) is 11.1 Å². The largest absolute Gasteiger partial charge is 0.506 e. The Bertz CT molecular complexity index is 562. The Balaban J connectivity index is 2.61. The van der Waals surface area contributed by atoms with E-state index in [0.717, 1.165) is 11.1 Å². The fraction of sp³-hybridized carbons (Fsp3) is 0.0714. The molecule has 0 unspecified atom stereocenters. The zero-order valence-corrected chi connectivity index (χ0v) is 10.0. The molecule has 0 aliphatic rings. The van der Waals surface area contributed by atoms with Crippen molar-refractivity contribution < 1.29 is 9.90 Å². The Morgan fingerprint density at radius 2 is 1.76 bits per heavy atom. The highest BCUT2D eigenvalue weighted by atomic mass is 35.5. The third kappa shape index (κ3) is 2.32. The Morgan fingerprint density at radius 1 is 1.12 bits per heavy atom. The molecule has 1 N–H and O–H groups in total. The molecule has 0 spiro atoms. The molecule has 17 heavy (non-hydrogen) atoms. The van der Waals surface area contributed by atoms with Gasteiger partial charge in [0.15, 0.2) is 5.78 Å². The number of Topliss-reactive ketones (excluding diaryl/α,β-unsaturated/α-hetero) is 1. The zero-order valence-electron chi connectivity index (χ0n) is 9.27. The lowest BCUT2D eigenvalue weighted by atomic mass is 10.0. The smallest absolute Gasteiger partial charge is 0.163 e. The average Bonchev–Trinajstić information content (AvgIpc) is 2.33. The summed E-state index contributed by atoms with van der Waals surface area (Å²) >= 11 is 5.91. The van der Waals surface area contributed by atoms with Crippen molar-refractivity contribution in [2.45, 2.75) is 6.92 Å². The Morgan fingerprint density at radius 3 is 2.35 bits per heavy atom. The van der Waals surface area contributed by atoms with E-state index >= 15 is 0 Å². The van der Waals surface area contributed by atoms with Crippen LogP contribution in [0.3, 0.4) is 0 Å². The fourth-order valence-corrected chi connectivity index (χ4v) is 1.88. The summed E-state index contributed by atoms with van der Waals surface area (Å²) in [5.74, 6) is -0.360. The molecule has 0 aromatic heterocycles. The monoisotopic (exact) mass is 246 g/mol. The van der Waals surface area contributed by atoms with Crippen molar-refractivity contribution in [1.29, 1.82) is 0 Å². The molecule has 0 aliphatic carbocycles. The highest BCUT2D eigenvalue weighted by Gasteiger charge is 2.12. The summed E-state index contributed by atoms with van der Waals surface area (Å²) in [5.41, 5.74) is 2.02. The van der Waals surface area contributed by atoms with Crippen LogP contribution in [0.15, 0.2) is 42.5 Å². The first-order chi connectivity index (χ1) is 8.09. The van der Waals surface area contributed by atoms with E-state index in [9.17, 15) is 9.90 Å². The first kappa shape index (κ1) is 11.7. The Hall–Kier alpha value is -1.80. The van der Waals surface area contributed by atoms with Gasteiger partial charge in [-0.3, -0.25) is 4.79 Å². The van der Waals surface area contributed by atoms with Gasteiger partial charge in [-0.15, -0.1) is 0 Å². The van der Waals surface area contributed by atoms with Crippen molar-refractivity contribution in [3.8, 4) is 16.9 Å². The first-order valence-electron chi connectivity index (χ1n) is 5.18. The zero-order chi connectivity index (χ0) is 12.4. The molecular weight excluding hydrogens is 236 g/mol. The van der Waals surface area contributed by atoms with Crippen LogP contribution in [0.5, 0.6) is 5.75 Å². The second kappa shape index (κ2) is 4.60. The third-order valence-corrected chi connectivity index (χ3v) is 2.84. The van der Waals surface area contributed by atoms with E-state index in [0.29, 0.717) is 0 Å². The Kier molecular flexibility index (Phi) is 3.16. The molecule has 2 aromatic rings. The normalized spacial score (nSPS) is 10.2. The SMILES string of the molecule is CC(=O)c1cc(-c2ccccc2)cc(Cl)c1O. The molecule has 0 saturated carbocycles. The van der Waals surface area contributed by atoms with Gasteiger partial charge in [-0.05, 0) is 30.2 Å². The van der Waals surface area contributed by atoms with Gasteiger partial charge in [-0.1, -0.05) is 41.9 Å². The minimum absolute atomic E-state index is 0.154. The first-order valence-corrected chi connectivity index (χ1v) is 5.56. The summed E-state index contributed by atoms with van der Waals surface area (Å²) in [7, 11) is 0. The van der Waals surface area contributed by atoms with Crippen molar-refractivity contribution in [2.75, 3.05) is 0 Å². The van der Waals surface area contributed by atoms with Gasteiger partial charge in [0, 0.05) is 0 Å². The second-order valence-electron chi connectivity index (χ2n) is 3.78. The van der Waals surface area contributed by atoms with Crippen LogP contribution < -0.4 is 0 Å². The summed E-state index contributed by atoms with van der Waals surface area (Å²) in [6.45, 7) is 1.40. The van der Waals surface area contributed by atoms with E-state index in [1.165, 1.54) is 6.92 Å². The van der Waals surface area contributed by atoms with Gasteiger partial charge in [-0.2, -0.15) is 0 Å². The molecule has 0 fully saturated rings.